The summed E-state index contributed by atoms with van der Waals surface area (Å²) in [5.41, 5.74) is 1.46. The van der Waals surface area contributed by atoms with Crippen LogP contribution < -0.4 is 0 Å². The molecule has 1 nitrogen and oxygen atoms in total. The summed E-state index contributed by atoms with van der Waals surface area (Å²) in [6.45, 7) is 1.80. The van der Waals surface area contributed by atoms with Crippen LogP contribution in [0, 0.1) is 6.92 Å². The number of carbonyl (C=O) groups is 1. The van der Waals surface area contributed by atoms with Crippen molar-refractivity contribution < 1.29 is 13.6 Å². The largest absolute Gasteiger partial charge is 0.294 e. The van der Waals surface area contributed by atoms with Gasteiger partial charge < -0.3 is 0 Å². The van der Waals surface area contributed by atoms with Crippen molar-refractivity contribution in [3.05, 3.63) is 77.4 Å². The van der Waals surface area contributed by atoms with Gasteiger partial charge in [0, 0.05) is 17.6 Å². The highest BCUT2D eigenvalue weighted by Crippen LogP contribution is 2.26. The maximum atomic E-state index is 13.1. The van der Waals surface area contributed by atoms with Gasteiger partial charge in [-0.1, -0.05) is 54.6 Å². The SMILES string of the molecule is Cc1ccccc1C(=O)CC(=C(F)F)c1ccccc1. The Balaban J connectivity index is 2.30. The van der Waals surface area contributed by atoms with E-state index in [-0.39, 0.29) is 17.8 Å². The number of allylic oxidation sites excluding steroid dienone is 1. The standard InChI is InChI=1S/C17H14F2O/c1-12-7-5-6-10-14(12)16(20)11-15(17(18)19)13-8-3-2-4-9-13/h2-10H,11H2,1H3. The molecule has 0 amide bonds. The van der Waals surface area contributed by atoms with Gasteiger partial charge in [0.1, 0.15) is 0 Å². The van der Waals surface area contributed by atoms with Crippen LogP contribution in [0.4, 0.5) is 8.78 Å². The van der Waals surface area contributed by atoms with Gasteiger partial charge in [0.25, 0.3) is 6.08 Å². The Morgan fingerprint density at radius 2 is 1.55 bits per heavy atom. The lowest BCUT2D eigenvalue weighted by Gasteiger charge is -2.08. The van der Waals surface area contributed by atoms with Crippen LogP contribution in [0.15, 0.2) is 60.7 Å². The molecule has 0 aliphatic carbocycles. The number of benzene rings is 2. The van der Waals surface area contributed by atoms with Gasteiger partial charge in [0.05, 0.1) is 0 Å². The van der Waals surface area contributed by atoms with Crippen LogP contribution >= 0.6 is 0 Å². The molecule has 102 valence electrons. The zero-order valence-corrected chi connectivity index (χ0v) is 11.1. The zero-order valence-electron chi connectivity index (χ0n) is 11.1. The second-order valence-electron chi connectivity index (χ2n) is 4.52. The minimum Gasteiger partial charge on any atom is -0.294 e. The third kappa shape index (κ3) is 3.18. The first kappa shape index (κ1) is 14.1. The fourth-order valence-electron chi connectivity index (χ4n) is 2.06. The smallest absolute Gasteiger partial charge is 0.274 e. The lowest BCUT2D eigenvalue weighted by Crippen LogP contribution is -2.03. The zero-order chi connectivity index (χ0) is 14.5. The van der Waals surface area contributed by atoms with Crippen molar-refractivity contribution in [3.8, 4) is 0 Å². The predicted molar refractivity (Wildman–Crippen MR) is 75.7 cm³/mol. The molecule has 0 aliphatic rings. The molecule has 0 heterocycles. The van der Waals surface area contributed by atoms with E-state index in [1.54, 1.807) is 55.5 Å². The topological polar surface area (TPSA) is 17.1 Å². The van der Waals surface area contributed by atoms with Crippen LogP contribution in [0.3, 0.4) is 0 Å². The van der Waals surface area contributed by atoms with E-state index >= 15 is 0 Å². The number of halogens is 2. The molecular formula is C17H14F2O. The van der Waals surface area contributed by atoms with E-state index in [2.05, 4.69) is 0 Å². The molecule has 0 N–H and O–H groups in total. The van der Waals surface area contributed by atoms with Crippen molar-refractivity contribution in [1.29, 1.82) is 0 Å². The first-order chi connectivity index (χ1) is 9.59. The van der Waals surface area contributed by atoms with Crippen LogP contribution in [0.25, 0.3) is 5.57 Å². The Morgan fingerprint density at radius 1 is 0.950 bits per heavy atom. The van der Waals surface area contributed by atoms with E-state index in [1.807, 2.05) is 6.07 Å². The molecule has 0 aromatic heterocycles. The molecule has 0 bridgehead atoms. The summed E-state index contributed by atoms with van der Waals surface area (Å²) in [6, 6.07) is 15.3. The number of Topliss-reactive ketones (excluding diaryl/α,β-unsaturated/α-hetero) is 1. The van der Waals surface area contributed by atoms with E-state index in [4.69, 9.17) is 0 Å². The first-order valence-electron chi connectivity index (χ1n) is 6.28. The van der Waals surface area contributed by atoms with Gasteiger partial charge >= 0.3 is 0 Å². The Hall–Kier alpha value is -2.29. The van der Waals surface area contributed by atoms with Crippen molar-refractivity contribution in [3.63, 3.8) is 0 Å². The van der Waals surface area contributed by atoms with Crippen molar-refractivity contribution in [1.82, 2.24) is 0 Å². The number of ketones is 1. The maximum Gasteiger partial charge on any atom is 0.274 e. The molecule has 2 rings (SSSR count). The molecule has 0 radical (unpaired) electrons. The lowest BCUT2D eigenvalue weighted by molar-refractivity contribution is 0.0996. The van der Waals surface area contributed by atoms with Gasteiger partial charge in [-0.2, -0.15) is 8.78 Å². The fourth-order valence-corrected chi connectivity index (χ4v) is 2.06. The average molecular weight is 272 g/mol. The Kier molecular flexibility index (Phi) is 4.41. The second-order valence-corrected chi connectivity index (χ2v) is 4.52. The summed E-state index contributed by atoms with van der Waals surface area (Å²) in [6.07, 6.45) is -2.10. The quantitative estimate of drug-likeness (QED) is 0.725. The summed E-state index contributed by atoms with van der Waals surface area (Å²) in [5.74, 6) is -0.297. The van der Waals surface area contributed by atoms with E-state index in [0.29, 0.717) is 11.1 Å². The van der Waals surface area contributed by atoms with Gasteiger partial charge in [0.15, 0.2) is 5.78 Å². The number of carbonyl (C=O) groups excluding carboxylic acids is 1. The molecule has 0 fully saturated rings. The number of aryl methyl sites for hydroxylation is 1. The molecule has 3 heteroatoms. The van der Waals surface area contributed by atoms with Crippen LogP contribution in [0.5, 0.6) is 0 Å². The van der Waals surface area contributed by atoms with E-state index in [0.717, 1.165) is 5.56 Å². The predicted octanol–water partition coefficient (Wildman–Crippen LogP) is 4.88. The highest BCUT2D eigenvalue weighted by atomic mass is 19.3. The molecule has 0 aliphatic heterocycles. The van der Waals surface area contributed by atoms with Gasteiger partial charge in [-0.25, -0.2) is 0 Å². The van der Waals surface area contributed by atoms with Crippen molar-refractivity contribution in [2.45, 2.75) is 13.3 Å². The Labute approximate surface area is 116 Å². The highest BCUT2D eigenvalue weighted by molar-refractivity contribution is 6.03. The van der Waals surface area contributed by atoms with Gasteiger partial charge in [-0.3, -0.25) is 4.79 Å². The summed E-state index contributed by atoms with van der Waals surface area (Å²) in [4.78, 5) is 12.2. The number of hydrogen-bond acceptors (Lipinski definition) is 1. The molecule has 0 atom stereocenters. The first-order valence-corrected chi connectivity index (χ1v) is 6.28. The molecular weight excluding hydrogens is 258 g/mol. The Bertz CT molecular complexity index is 641. The summed E-state index contributed by atoms with van der Waals surface area (Å²) in [5, 5.41) is 0. The third-order valence-corrected chi connectivity index (χ3v) is 3.13. The van der Waals surface area contributed by atoms with Gasteiger partial charge in [-0.15, -0.1) is 0 Å². The normalized spacial score (nSPS) is 10.2. The Morgan fingerprint density at radius 3 is 2.15 bits per heavy atom. The van der Waals surface area contributed by atoms with Crippen molar-refractivity contribution >= 4 is 11.4 Å². The second kappa shape index (κ2) is 6.24. The molecule has 20 heavy (non-hydrogen) atoms. The van der Waals surface area contributed by atoms with E-state index < -0.39 is 6.08 Å². The molecule has 0 unspecified atom stereocenters. The summed E-state index contributed by atoms with van der Waals surface area (Å²) < 4.78 is 26.2. The summed E-state index contributed by atoms with van der Waals surface area (Å²) in [7, 11) is 0. The van der Waals surface area contributed by atoms with Crippen molar-refractivity contribution in [2.24, 2.45) is 0 Å². The minimum absolute atomic E-state index is 0.209. The maximum absolute atomic E-state index is 13.1. The number of hydrogen-bond donors (Lipinski definition) is 0. The fraction of sp³-hybridized carbons (Fsp3) is 0.118. The minimum atomic E-state index is -1.81. The van der Waals surface area contributed by atoms with Gasteiger partial charge in [0.2, 0.25) is 0 Å². The molecule has 0 saturated heterocycles. The summed E-state index contributed by atoms with van der Waals surface area (Å²) >= 11 is 0. The van der Waals surface area contributed by atoms with E-state index in [1.165, 1.54) is 0 Å². The molecule has 0 spiro atoms. The highest BCUT2D eigenvalue weighted by Gasteiger charge is 2.16. The van der Waals surface area contributed by atoms with Crippen LogP contribution in [-0.4, -0.2) is 5.78 Å². The van der Waals surface area contributed by atoms with Crippen LogP contribution in [-0.2, 0) is 0 Å². The average Bonchev–Trinajstić information content (AvgIpc) is 2.45. The lowest BCUT2D eigenvalue weighted by atomic mass is 9.96. The number of rotatable bonds is 4. The molecule has 2 aromatic rings. The molecule has 2 aromatic carbocycles. The van der Waals surface area contributed by atoms with Gasteiger partial charge in [-0.05, 0) is 18.1 Å². The van der Waals surface area contributed by atoms with E-state index in [9.17, 15) is 13.6 Å². The van der Waals surface area contributed by atoms with Crippen molar-refractivity contribution in [2.75, 3.05) is 0 Å². The molecule has 0 saturated carbocycles. The third-order valence-electron chi connectivity index (χ3n) is 3.13. The van der Waals surface area contributed by atoms with Crippen LogP contribution in [0.2, 0.25) is 0 Å². The monoisotopic (exact) mass is 272 g/mol. The van der Waals surface area contributed by atoms with Crippen LogP contribution in [0.1, 0.15) is 27.9 Å².